The van der Waals surface area contributed by atoms with Gasteiger partial charge in [-0.05, 0) is 38.6 Å². The summed E-state index contributed by atoms with van der Waals surface area (Å²) in [7, 11) is 0. The van der Waals surface area contributed by atoms with E-state index >= 15 is 0 Å². The minimum Gasteiger partial charge on any atom is -0.455 e. The van der Waals surface area contributed by atoms with E-state index in [1.54, 1.807) is 13.0 Å². The molecule has 1 amide bonds. The lowest BCUT2D eigenvalue weighted by atomic mass is 10.0. The summed E-state index contributed by atoms with van der Waals surface area (Å²) in [4.78, 5) is 14.2. The van der Waals surface area contributed by atoms with Crippen LogP contribution in [0.3, 0.4) is 0 Å². The second-order valence-electron chi connectivity index (χ2n) is 5.66. The number of aliphatic hydroxyl groups is 1. The zero-order valence-corrected chi connectivity index (χ0v) is 13.6. The number of hydrogen-bond donors (Lipinski definition) is 2. The van der Waals surface area contributed by atoms with Crippen LogP contribution >= 0.6 is 0 Å². The molecule has 0 aliphatic rings. The van der Waals surface area contributed by atoms with Gasteiger partial charge in [-0.15, -0.1) is 0 Å². The van der Waals surface area contributed by atoms with Crippen LogP contribution in [0.15, 0.2) is 16.5 Å². The topological polar surface area (TPSA) is 65.7 Å². The van der Waals surface area contributed by atoms with E-state index < -0.39 is 5.60 Å². The molecule has 5 nitrogen and oxygen atoms in total. The first-order valence-electron chi connectivity index (χ1n) is 7.73. The highest BCUT2D eigenvalue weighted by Crippen LogP contribution is 2.13. The van der Waals surface area contributed by atoms with Crippen LogP contribution in [0.2, 0.25) is 0 Å². The van der Waals surface area contributed by atoms with Crippen molar-refractivity contribution in [2.45, 2.75) is 52.7 Å². The first-order chi connectivity index (χ1) is 9.91. The summed E-state index contributed by atoms with van der Waals surface area (Å²) >= 11 is 0. The summed E-state index contributed by atoms with van der Waals surface area (Å²) in [5.41, 5.74) is -0.874. The predicted octanol–water partition coefficient (Wildman–Crippen LogP) is 2.40. The van der Waals surface area contributed by atoms with Gasteiger partial charge in [-0.1, -0.05) is 27.2 Å². The Bertz CT molecular complexity index is 436. The summed E-state index contributed by atoms with van der Waals surface area (Å²) in [6, 6.07) is 3.51. The molecule has 0 bridgehead atoms. The molecule has 1 heterocycles. The molecule has 0 saturated heterocycles. The molecule has 0 aromatic carbocycles. The Hall–Kier alpha value is -1.33. The molecule has 2 N–H and O–H groups in total. The van der Waals surface area contributed by atoms with Crippen molar-refractivity contribution < 1.29 is 14.3 Å². The van der Waals surface area contributed by atoms with E-state index in [2.05, 4.69) is 24.1 Å². The monoisotopic (exact) mass is 296 g/mol. The Morgan fingerprint density at radius 1 is 1.33 bits per heavy atom. The van der Waals surface area contributed by atoms with Gasteiger partial charge in [0.1, 0.15) is 5.76 Å². The Balaban J connectivity index is 2.54. The van der Waals surface area contributed by atoms with Crippen molar-refractivity contribution in [3.63, 3.8) is 0 Å². The second kappa shape index (κ2) is 8.20. The molecular formula is C16H28N2O3. The lowest BCUT2D eigenvalue weighted by molar-refractivity contribution is 0.0463. The zero-order chi connectivity index (χ0) is 15.9. The number of carbonyl (C=O) groups excluding carboxylic acids is 1. The predicted molar refractivity (Wildman–Crippen MR) is 83.2 cm³/mol. The maximum Gasteiger partial charge on any atom is 0.287 e. The lowest BCUT2D eigenvalue weighted by Crippen LogP contribution is -2.40. The summed E-state index contributed by atoms with van der Waals surface area (Å²) in [5, 5.41) is 12.8. The van der Waals surface area contributed by atoms with Gasteiger partial charge in [0.25, 0.3) is 5.91 Å². The Morgan fingerprint density at radius 2 is 2.00 bits per heavy atom. The zero-order valence-electron chi connectivity index (χ0n) is 13.6. The molecule has 1 aromatic rings. The van der Waals surface area contributed by atoms with Crippen molar-refractivity contribution >= 4 is 5.91 Å². The van der Waals surface area contributed by atoms with E-state index in [-0.39, 0.29) is 12.5 Å². The van der Waals surface area contributed by atoms with E-state index in [4.69, 9.17) is 4.42 Å². The highest BCUT2D eigenvalue weighted by Gasteiger charge is 2.21. The molecule has 0 radical (unpaired) electrons. The van der Waals surface area contributed by atoms with Crippen molar-refractivity contribution in [2.75, 3.05) is 19.6 Å². The third-order valence-electron chi connectivity index (χ3n) is 3.58. The van der Waals surface area contributed by atoms with Crippen LogP contribution in [0.1, 0.15) is 56.9 Å². The number of nitrogens with one attached hydrogen (secondary N) is 1. The first-order valence-corrected chi connectivity index (χ1v) is 7.73. The first kappa shape index (κ1) is 17.7. The van der Waals surface area contributed by atoms with Gasteiger partial charge in [-0.3, -0.25) is 9.69 Å². The lowest BCUT2D eigenvalue weighted by Gasteiger charge is -2.22. The number of furan rings is 1. The molecule has 0 aliphatic carbocycles. The van der Waals surface area contributed by atoms with Crippen LogP contribution in [0.25, 0.3) is 0 Å². The molecule has 0 aliphatic heterocycles. The van der Waals surface area contributed by atoms with Gasteiger partial charge in [0, 0.05) is 6.54 Å². The van der Waals surface area contributed by atoms with Gasteiger partial charge < -0.3 is 14.8 Å². The van der Waals surface area contributed by atoms with Crippen molar-refractivity contribution in [3.05, 3.63) is 23.7 Å². The third-order valence-corrected chi connectivity index (χ3v) is 3.58. The van der Waals surface area contributed by atoms with Crippen molar-refractivity contribution in [3.8, 4) is 0 Å². The number of amides is 1. The van der Waals surface area contributed by atoms with E-state index in [1.807, 2.05) is 13.0 Å². The molecule has 1 unspecified atom stereocenters. The second-order valence-corrected chi connectivity index (χ2v) is 5.66. The maximum atomic E-state index is 12.0. The van der Waals surface area contributed by atoms with Crippen molar-refractivity contribution in [1.29, 1.82) is 0 Å². The van der Waals surface area contributed by atoms with Gasteiger partial charge >= 0.3 is 0 Å². The minimum absolute atomic E-state index is 0.228. The molecule has 120 valence electrons. The van der Waals surface area contributed by atoms with Gasteiger partial charge in [0.2, 0.25) is 0 Å². The van der Waals surface area contributed by atoms with Crippen molar-refractivity contribution in [1.82, 2.24) is 10.2 Å². The molecule has 21 heavy (non-hydrogen) atoms. The molecule has 1 aromatic heterocycles. The molecule has 0 saturated carbocycles. The van der Waals surface area contributed by atoms with E-state index in [0.29, 0.717) is 18.7 Å². The van der Waals surface area contributed by atoms with E-state index in [0.717, 1.165) is 25.3 Å². The fourth-order valence-electron chi connectivity index (χ4n) is 2.24. The number of rotatable bonds is 9. The Kier molecular flexibility index (Phi) is 6.92. The van der Waals surface area contributed by atoms with Crippen LogP contribution in [0, 0.1) is 0 Å². The average molecular weight is 296 g/mol. The Labute approximate surface area is 127 Å². The van der Waals surface area contributed by atoms with Gasteiger partial charge in [-0.2, -0.15) is 0 Å². The van der Waals surface area contributed by atoms with Crippen LogP contribution < -0.4 is 5.32 Å². The average Bonchev–Trinajstić information content (AvgIpc) is 2.91. The fourth-order valence-corrected chi connectivity index (χ4v) is 2.24. The smallest absolute Gasteiger partial charge is 0.287 e. The molecular weight excluding hydrogens is 268 g/mol. The van der Waals surface area contributed by atoms with Gasteiger partial charge in [-0.25, -0.2) is 0 Å². The molecule has 0 spiro atoms. The summed E-state index contributed by atoms with van der Waals surface area (Å²) < 4.78 is 5.57. The summed E-state index contributed by atoms with van der Waals surface area (Å²) in [6.45, 7) is 10.7. The highest BCUT2D eigenvalue weighted by atomic mass is 16.4. The Morgan fingerprint density at radius 3 is 2.57 bits per heavy atom. The summed E-state index contributed by atoms with van der Waals surface area (Å²) in [6.07, 6.45) is 1.52. The third kappa shape index (κ3) is 5.89. The quantitative estimate of drug-likeness (QED) is 0.734. The standard InChI is InChI=1S/C16H28N2O3/c1-5-10-16(4,20)12-17-15(19)14-9-8-13(21-14)11-18(6-2)7-3/h8-9,20H,5-7,10-12H2,1-4H3,(H,17,19). The maximum absolute atomic E-state index is 12.0. The minimum atomic E-state index is -0.874. The number of nitrogens with zero attached hydrogens (tertiary/aromatic N) is 1. The SMILES string of the molecule is CCCC(C)(O)CNC(=O)c1ccc(CN(CC)CC)o1. The van der Waals surface area contributed by atoms with Gasteiger partial charge in [0.05, 0.1) is 12.1 Å². The van der Waals surface area contributed by atoms with E-state index in [1.165, 1.54) is 0 Å². The van der Waals surface area contributed by atoms with Crippen LogP contribution in [-0.4, -0.2) is 41.1 Å². The largest absolute Gasteiger partial charge is 0.455 e. The van der Waals surface area contributed by atoms with Gasteiger partial charge in [0.15, 0.2) is 5.76 Å². The molecule has 1 rings (SSSR count). The van der Waals surface area contributed by atoms with Crippen LogP contribution in [0.5, 0.6) is 0 Å². The van der Waals surface area contributed by atoms with Crippen molar-refractivity contribution in [2.24, 2.45) is 0 Å². The highest BCUT2D eigenvalue weighted by molar-refractivity contribution is 5.91. The molecule has 5 heteroatoms. The molecule has 0 fully saturated rings. The number of hydrogen-bond acceptors (Lipinski definition) is 4. The van der Waals surface area contributed by atoms with Crippen LogP contribution in [0.4, 0.5) is 0 Å². The normalized spacial score (nSPS) is 14.2. The fraction of sp³-hybridized carbons (Fsp3) is 0.688. The molecule has 1 atom stereocenters. The summed E-state index contributed by atoms with van der Waals surface area (Å²) in [5.74, 6) is 0.797. The number of carbonyl (C=O) groups is 1. The van der Waals surface area contributed by atoms with Crippen LogP contribution in [-0.2, 0) is 6.54 Å². The van der Waals surface area contributed by atoms with E-state index in [9.17, 15) is 9.90 Å².